The highest BCUT2D eigenvalue weighted by Crippen LogP contribution is 2.16. The Morgan fingerprint density at radius 2 is 2.11 bits per heavy atom. The number of esters is 1. The van der Waals surface area contributed by atoms with Gasteiger partial charge >= 0.3 is 5.97 Å². The third kappa shape index (κ3) is 2.29. The highest BCUT2D eigenvalue weighted by atomic mass is 16.5. The Morgan fingerprint density at radius 1 is 1.44 bits per heavy atom. The number of hydrogen-bond acceptors (Lipinski definition) is 6. The van der Waals surface area contributed by atoms with Crippen molar-refractivity contribution in [3.8, 4) is 0 Å². The molecule has 0 saturated carbocycles. The number of ether oxygens (including phenoxy) is 1. The van der Waals surface area contributed by atoms with E-state index in [-0.39, 0.29) is 12.3 Å². The number of carbonyl (C=O) groups is 1. The summed E-state index contributed by atoms with van der Waals surface area (Å²) in [5.41, 5.74) is 6.92. The Kier molecular flexibility index (Phi) is 3.22. The topological polar surface area (TPSA) is 95.9 Å². The van der Waals surface area contributed by atoms with Crippen LogP contribution in [0.15, 0.2) is 18.5 Å². The number of aromatic nitrogens is 4. The molecule has 0 radical (unpaired) electrons. The van der Waals surface area contributed by atoms with E-state index in [1.165, 1.54) is 4.68 Å². The van der Waals surface area contributed by atoms with Gasteiger partial charge in [-0.2, -0.15) is 5.10 Å². The Balaban J connectivity index is 2.09. The second-order valence-electron chi connectivity index (χ2n) is 3.71. The summed E-state index contributed by atoms with van der Waals surface area (Å²) in [4.78, 5) is 19.8. The summed E-state index contributed by atoms with van der Waals surface area (Å²) in [6.45, 7) is 1.73. The molecule has 7 nitrogen and oxygen atoms in total. The number of nitrogen functional groups attached to an aromatic ring is 1. The lowest BCUT2D eigenvalue weighted by Crippen LogP contribution is -2.13. The molecule has 0 aliphatic carbocycles. The van der Waals surface area contributed by atoms with E-state index < -0.39 is 5.97 Å². The number of aryl methyl sites for hydroxylation is 2. The van der Waals surface area contributed by atoms with Gasteiger partial charge in [-0.05, 0) is 13.0 Å². The van der Waals surface area contributed by atoms with E-state index in [0.717, 1.165) is 0 Å². The van der Waals surface area contributed by atoms with Gasteiger partial charge in [-0.15, -0.1) is 0 Å². The summed E-state index contributed by atoms with van der Waals surface area (Å²) in [6.07, 6.45) is 3.16. The quantitative estimate of drug-likeness (QED) is 0.791. The van der Waals surface area contributed by atoms with Gasteiger partial charge in [0.05, 0.1) is 11.4 Å². The Morgan fingerprint density at radius 3 is 2.67 bits per heavy atom. The van der Waals surface area contributed by atoms with E-state index in [1.807, 2.05) is 0 Å². The highest BCUT2D eigenvalue weighted by molar-refractivity contribution is 5.93. The number of anilines is 1. The number of nitrogens with zero attached hydrogens (tertiary/aromatic N) is 4. The van der Waals surface area contributed by atoms with Crippen LogP contribution in [0.25, 0.3) is 0 Å². The van der Waals surface area contributed by atoms with Gasteiger partial charge in [0, 0.05) is 19.4 Å². The summed E-state index contributed by atoms with van der Waals surface area (Å²) in [6, 6.07) is 1.69. The van der Waals surface area contributed by atoms with Crippen LogP contribution in [0.1, 0.15) is 22.0 Å². The van der Waals surface area contributed by atoms with Gasteiger partial charge < -0.3 is 10.5 Å². The van der Waals surface area contributed by atoms with Crippen molar-refractivity contribution in [1.82, 2.24) is 19.7 Å². The van der Waals surface area contributed by atoms with Crippen LogP contribution >= 0.6 is 0 Å². The maximum atomic E-state index is 11.9. The fourth-order valence-corrected chi connectivity index (χ4v) is 1.52. The molecule has 0 bridgehead atoms. The largest absolute Gasteiger partial charge is 0.453 e. The van der Waals surface area contributed by atoms with Crippen LogP contribution in [0.5, 0.6) is 0 Å². The highest BCUT2D eigenvalue weighted by Gasteiger charge is 2.19. The molecule has 0 aromatic carbocycles. The van der Waals surface area contributed by atoms with Crippen LogP contribution < -0.4 is 5.73 Å². The molecule has 18 heavy (non-hydrogen) atoms. The van der Waals surface area contributed by atoms with Crippen LogP contribution in [-0.2, 0) is 18.4 Å². The predicted molar refractivity (Wildman–Crippen MR) is 63.5 cm³/mol. The molecule has 0 spiro atoms. The zero-order valence-corrected chi connectivity index (χ0v) is 10.1. The van der Waals surface area contributed by atoms with Gasteiger partial charge in [0.15, 0.2) is 18.1 Å². The van der Waals surface area contributed by atoms with Crippen LogP contribution in [0, 0.1) is 6.92 Å². The predicted octanol–water partition coefficient (Wildman–Crippen LogP) is 0.458. The van der Waals surface area contributed by atoms with Gasteiger partial charge in [-0.25, -0.2) is 14.8 Å². The fourth-order valence-electron chi connectivity index (χ4n) is 1.52. The van der Waals surface area contributed by atoms with E-state index in [2.05, 4.69) is 15.1 Å². The first-order valence-electron chi connectivity index (χ1n) is 5.31. The standard InChI is InChI=1S/C11H13N5O2/c1-7-9(12)10(16(2)15-7)11(17)18-6-8-13-4-3-5-14-8/h3-5H,6,12H2,1-2H3. The zero-order valence-electron chi connectivity index (χ0n) is 10.1. The van der Waals surface area contributed by atoms with Crippen molar-refractivity contribution in [2.45, 2.75) is 13.5 Å². The SMILES string of the molecule is Cc1nn(C)c(C(=O)OCc2ncccn2)c1N. The lowest BCUT2D eigenvalue weighted by molar-refractivity contribution is 0.0450. The van der Waals surface area contributed by atoms with Crippen molar-refractivity contribution in [2.75, 3.05) is 5.73 Å². The third-order valence-electron chi connectivity index (χ3n) is 2.41. The smallest absolute Gasteiger partial charge is 0.359 e. The zero-order chi connectivity index (χ0) is 13.1. The van der Waals surface area contributed by atoms with Crippen molar-refractivity contribution >= 4 is 11.7 Å². The molecular formula is C11H13N5O2. The molecular weight excluding hydrogens is 234 g/mol. The van der Waals surface area contributed by atoms with Crippen LogP contribution in [0.3, 0.4) is 0 Å². The van der Waals surface area contributed by atoms with Crippen molar-refractivity contribution in [1.29, 1.82) is 0 Å². The summed E-state index contributed by atoms with van der Waals surface area (Å²) >= 11 is 0. The third-order valence-corrected chi connectivity index (χ3v) is 2.41. The van der Waals surface area contributed by atoms with Crippen LogP contribution in [-0.4, -0.2) is 25.7 Å². The average Bonchev–Trinajstić information content (AvgIpc) is 2.62. The molecule has 0 fully saturated rings. The second kappa shape index (κ2) is 4.82. The van der Waals surface area contributed by atoms with E-state index in [9.17, 15) is 4.79 Å². The van der Waals surface area contributed by atoms with Crippen LogP contribution in [0.2, 0.25) is 0 Å². The first-order valence-corrected chi connectivity index (χ1v) is 5.31. The molecule has 2 heterocycles. The van der Waals surface area contributed by atoms with Crippen molar-refractivity contribution in [3.05, 3.63) is 35.7 Å². The molecule has 0 atom stereocenters. The Bertz CT molecular complexity index is 564. The average molecular weight is 247 g/mol. The minimum absolute atomic E-state index is 0.00331. The number of hydrogen-bond donors (Lipinski definition) is 1. The van der Waals surface area contributed by atoms with Gasteiger partial charge in [0.1, 0.15) is 0 Å². The monoisotopic (exact) mass is 247 g/mol. The first-order chi connectivity index (χ1) is 8.59. The van der Waals surface area contributed by atoms with E-state index in [1.54, 1.807) is 32.4 Å². The molecule has 0 aliphatic rings. The van der Waals surface area contributed by atoms with Gasteiger partial charge in [-0.1, -0.05) is 0 Å². The number of rotatable bonds is 3. The lowest BCUT2D eigenvalue weighted by Gasteiger charge is -2.04. The number of nitrogens with two attached hydrogens (primary N) is 1. The second-order valence-corrected chi connectivity index (χ2v) is 3.71. The fraction of sp³-hybridized carbons (Fsp3) is 0.273. The molecule has 0 unspecified atom stereocenters. The summed E-state index contributed by atoms with van der Waals surface area (Å²) in [7, 11) is 1.64. The maximum absolute atomic E-state index is 11.9. The van der Waals surface area contributed by atoms with Gasteiger partial charge in [0.2, 0.25) is 0 Å². The first kappa shape index (κ1) is 12.0. The molecule has 94 valence electrons. The molecule has 7 heteroatoms. The molecule has 0 saturated heterocycles. The summed E-state index contributed by atoms with van der Waals surface area (Å²) in [5.74, 6) is -0.105. The minimum atomic E-state index is -0.539. The molecule has 2 N–H and O–H groups in total. The van der Waals surface area contributed by atoms with Crippen molar-refractivity contribution in [2.24, 2.45) is 7.05 Å². The van der Waals surface area contributed by atoms with E-state index in [0.29, 0.717) is 17.2 Å². The summed E-state index contributed by atoms with van der Waals surface area (Å²) in [5, 5.41) is 4.05. The molecule has 2 aromatic rings. The Labute approximate surface area is 104 Å². The van der Waals surface area contributed by atoms with E-state index >= 15 is 0 Å². The normalized spacial score (nSPS) is 10.3. The molecule has 2 rings (SSSR count). The number of carbonyl (C=O) groups excluding carboxylic acids is 1. The maximum Gasteiger partial charge on any atom is 0.359 e. The van der Waals surface area contributed by atoms with Crippen molar-refractivity contribution < 1.29 is 9.53 Å². The van der Waals surface area contributed by atoms with Gasteiger partial charge in [0.25, 0.3) is 0 Å². The van der Waals surface area contributed by atoms with Crippen molar-refractivity contribution in [3.63, 3.8) is 0 Å². The summed E-state index contributed by atoms with van der Waals surface area (Å²) < 4.78 is 6.49. The minimum Gasteiger partial charge on any atom is -0.453 e. The van der Waals surface area contributed by atoms with Gasteiger partial charge in [-0.3, -0.25) is 4.68 Å². The molecule has 0 aliphatic heterocycles. The Hall–Kier alpha value is -2.44. The molecule has 0 amide bonds. The molecule has 2 aromatic heterocycles. The van der Waals surface area contributed by atoms with E-state index in [4.69, 9.17) is 10.5 Å². The lowest BCUT2D eigenvalue weighted by atomic mass is 10.3. The van der Waals surface area contributed by atoms with Crippen LogP contribution in [0.4, 0.5) is 5.69 Å².